The van der Waals surface area contributed by atoms with Gasteiger partial charge >= 0.3 is 0 Å². The van der Waals surface area contributed by atoms with E-state index < -0.39 is 21.8 Å². The molecular formula is C19H19N5O5S2. The van der Waals surface area contributed by atoms with Gasteiger partial charge in [-0.25, -0.2) is 18.1 Å². The molecule has 0 radical (unpaired) electrons. The Labute approximate surface area is 182 Å². The first-order valence-corrected chi connectivity index (χ1v) is 11.1. The minimum atomic E-state index is -3.73. The summed E-state index contributed by atoms with van der Waals surface area (Å²) in [4.78, 5) is 30.4. The van der Waals surface area contributed by atoms with Crippen LogP contribution in [0, 0.1) is 0 Å². The number of anilines is 1. The summed E-state index contributed by atoms with van der Waals surface area (Å²) in [5.41, 5.74) is 7.21. The minimum Gasteiger partial charge on any atom is -0.495 e. The number of nitrogens with zero attached hydrogens (tertiary/aromatic N) is 1. The van der Waals surface area contributed by atoms with Crippen molar-refractivity contribution in [2.24, 2.45) is 5.73 Å². The SMILES string of the molecule is CNS(=O)(=O)c1cc(/C=C/C(=O)Nc2nc(-c3c[nH]c(C(N)=O)c3)cs2)ccc1OC. The van der Waals surface area contributed by atoms with Crippen LogP contribution in [0.5, 0.6) is 5.75 Å². The molecule has 0 unspecified atom stereocenters. The lowest BCUT2D eigenvalue weighted by Crippen LogP contribution is -2.19. The predicted octanol–water partition coefficient (Wildman–Crippen LogP) is 1.81. The predicted molar refractivity (Wildman–Crippen MR) is 117 cm³/mol. The largest absolute Gasteiger partial charge is 0.495 e. The van der Waals surface area contributed by atoms with E-state index in [1.165, 1.54) is 49.8 Å². The first-order valence-electron chi connectivity index (χ1n) is 8.78. The number of thiazole rings is 1. The second-order valence-corrected chi connectivity index (χ2v) is 8.86. The zero-order valence-corrected chi connectivity index (χ0v) is 18.1. The first-order chi connectivity index (χ1) is 14.7. The third-order valence-corrected chi connectivity index (χ3v) is 6.34. The second kappa shape index (κ2) is 9.12. The topological polar surface area (TPSA) is 156 Å². The van der Waals surface area contributed by atoms with Crippen LogP contribution in [-0.4, -0.2) is 44.4 Å². The number of amides is 2. The van der Waals surface area contributed by atoms with Crippen molar-refractivity contribution in [1.82, 2.24) is 14.7 Å². The molecule has 12 heteroatoms. The normalized spacial score (nSPS) is 11.5. The maximum absolute atomic E-state index is 12.2. The van der Waals surface area contributed by atoms with Crippen LogP contribution in [0.25, 0.3) is 17.3 Å². The fourth-order valence-electron chi connectivity index (χ4n) is 2.58. The van der Waals surface area contributed by atoms with Gasteiger partial charge in [0.1, 0.15) is 16.3 Å². The Morgan fingerprint density at radius 2 is 2.06 bits per heavy atom. The molecule has 0 aliphatic rings. The summed E-state index contributed by atoms with van der Waals surface area (Å²) in [7, 11) is -1.05. The van der Waals surface area contributed by atoms with Crippen molar-refractivity contribution in [1.29, 1.82) is 0 Å². The maximum atomic E-state index is 12.2. The van der Waals surface area contributed by atoms with Crippen LogP contribution >= 0.6 is 11.3 Å². The molecule has 0 aliphatic carbocycles. The molecule has 0 spiro atoms. The van der Waals surface area contributed by atoms with Crippen LogP contribution in [0.4, 0.5) is 5.13 Å². The molecule has 2 aromatic heterocycles. The van der Waals surface area contributed by atoms with Crippen LogP contribution in [0.3, 0.4) is 0 Å². The molecule has 5 N–H and O–H groups in total. The first kappa shape index (κ1) is 22.2. The third-order valence-electron chi connectivity index (χ3n) is 4.15. The monoisotopic (exact) mass is 461 g/mol. The number of aromatic amines is 1. The number of methoxy groups -OCH3 is 1. The number of sulfonamides is 1. The number of primary amides is 1. The Morgan fingerprint density at radius 3 is 2.71 bits per heavy atom. The fourth-order valence-corrected chi connectivity index (χ4v) is 4.23. The number of H-pyrrole nitrogens is 1. The Balaban J connectivity index is 1.72. The number of ether oxygens (including phenoxy) is 1. The molecule has 0 bridgehead atoms. The van der Waals surface area contributed by atoms with E-state index >= 15 is 0 Å². The van der Waals surface area contributed by atoms with Gasteiger partial charge < -0.3 is 15.5 Å². The van der Waals surface area contributed by atoms with Crippen LogP contribution in [0.2, 0.25) is 0 Å². The van der Waals surface area contributed by atoms with Crippen molar-refractivity contribution in [3.05, 3.63) is 53.2 Å². The molecule has 1 aromatic carbocycles. The number of hydrogen-bond acceptors (Lipinski definition) is 7. The lowest BCUT2D eigenvalue weighted by atomic mass is 10.2. The number of hydrogen-bond donors (Lipinski definition) is 4. The Kier molecular flexibility index (Phi) is 6.53. The van der Waals surface area contributed by atoms with Crippen LogP contribution in [0.15, 0.2) is 46.8 Å². The standard InChI is InChI=1S/C19H19N5O5S2/c1-21-31(27,28)16-7-11(3-5-15(16)29-2)4-6-17(25)24-19-23-14(10-30-19)12-8-13(18(20)26)22-9-12/h3-10,21-22H,1-2H3,(H2,20,26)(H,23,24,25)/b6-4+. The molecule has 2 amide bonds. The molecule has 0 saturated carbocycles. The number of aromatic nitrogens is 2. The third kappa shape index (κ3) is 5.17. The van der Waals surface area contributed by atoms with Gasteiger partial charge in [0.15, 0.2) is 5.13 Å². The van der Waals surface area contributed by atoms with E-state index in [1.54, 1.807) is 23.7 Å². The van der Waals surface area contributed by atoms with E-state index in [1.807, 2.05) is 0 Å². The van der Waals surface area contributed by atoms with Gasteiger partial charge in [0.25, 0.3) is 5.91 Å². The highest BCUT2D eigenvalue weighted by Crippen LogP contribution is 2.26. The highest BCUT2D eigenvalue weighted by atomic mass is 32.2. The summed E-state index contributed by atoms with van der Waals surface area (Å²) < 4.78 is 31.6. The van der Waals surface area contributed by atoms with E-state index in [0.29, 0.717) is 22.0 Å². The van der Waals surface area contributed by atoms with Crippen LogP contribution < -0.4 is 20.5 Å². The number of nitrogens with two attached hydrogens (primary N) is 1. The average Bonchev–Trinajstić information content (AvgIpc) is 3.41. The molecule has 31 heavy (non-hydrogen) atoms. The number of carbonyl (C=O) groups excluding carboxylic acids is 2. The lowest BCUT2D eigenvalue weighted by molar-refractivity contribution is -0.111. The van der Waals surface area contributed by atoms with Crippen LogP contribution in [-0.2, 0) is 14.8 Å². The van der Waals surface area contributed by atoms with Gasteiger partial charge in [-0.3, -0.25) is 14.9 Å². The smallest absolute Gasteiger partial charge is 0.265 e. The molecular weight excluding hydrogens is 442 g/mol. The molecule has 10 nitrogen and oxygen atoms in total. The van der Waals surface area contributed by atoms with Gasteiger partial charge in [-0.05, 0) is 36.9 Å². The molecule has 0 atom stereocenters. The quantitative estimate of drug-likeness (QED) is 0.375. The highest BCUT2D eigenvalue weighted by Gasteiger charge is 2.17. The minimum absolute atomic E-state index is 0.0357. The van der Waals surface area contributed by atoms with Gasteiger partial charge in [-0.15, -0.1) is 11.3 Å². The van der Waals surface area contributed by atoms with Gasteiger partial charge in [0, 0.05) is 23.2 Å². The summed E-state index contributed by atoms with van der Waals surface area (Å²) in [5.74, 6) is -0.832. The molecule has 0 fully saturated rings. The van der Waals surface area contributed by atoms with Gasteiger partial charge in [0.05, 0.1) is 12.8 Å². The number of rotatable bonds is 8. The summed E-state index contributed by atoms with van der Waals surface area (Å²) in [6.45, 7) is 0. The molecule has 2 heterocycles. The van der Waals surface area contributed by atoms with Gasteiger partial charge in [-0.1, -0.05) is 6.07 Å². The fraction of sp³-hybridized carbons (Fsp3) is 0.105. The molecule has 0 saturated heterocycles. The van der Waals surface area contributed by atoms with Crippen molar-refractivity contribution in [3.63, 3.8) is 0 Å². The van der Waals surface area contributed by atoms with Crippen molar-refractivity contribution in [3.8, 4) is 17.0 Å². The zero-order chi connectivity index (χ0) is 22.6. The zero-order valence-electron chi connectivity index (χ0n) is 16.5. The number of nitrogens with one attached hydrogen (secondary N) is 3. The van der Waals surface area contributed by atoms with Crippen molar-refractivity contribution in [2.75, 3.05) is 19.5 Å². The van der Waals surface area contributed by atoms with E-state index in [-0.39, 0.29) is 16.3 Å². The van der Waals surface area contributed by atoms with Crippen LogP contribution in [0.1, 0.15) is 16.1 Å². The summed E-state index contributed by atoms with van der Waals surface area (Å²) >= 11 is 1.21. The van der Waals surface area contributed by atoms with Crippen molar-refractivity contribution >= 4 is 44.4 Å². The summed E-state index contributed by atoms with van der Waals surface area (Å²) in [6, 6.07) is 6.11. The lowest BCUT2D eigenvalue weighted by Gasteiger charge is -2.09. The van der Waals surface area contributed by atoms with Gasteiger partial charge in [0.2, 0.25) is 15.9 Å². The Bertz CT molecular complexity index is 1260. The average molecular weight is 462 g/mol. The summed E-state index contributed by atoms with van der Waals surface area (Å²) in [6.07, 6.45) is 4.34. The molecule has 3 rings (SSSR count). The maximum Gasteiger partial charge on any atom is 0.265 e. The molecule has 0 aliphatic heterocycles. The van der Waals surface area contributed by atoms with Crippen molar-refractivity contribution in [2.45, 2.75) is 4.90 Å². The van der Waals surface area contributed by atoms with E-state index in [4.69, 9.17) is 10.5 Å². The van der Waals surface area contributed by atoms with E-state index in [9.17, 15) is 18.0 Å². The van der Waals surface area contributed by atoms with Gasteiger partial charge in [-0.2, -0.15) is 0 Å². The highest BCUT2D eigenvalue weighted by molar-refractivity contribution is 7.89. The second-order valence-electron chi connectivity index (χ2n) is 6.14. The van der Waals surface area contributed by atoms with Crippen molar-refractivity contribution < 1.29 is 22.7 Å². The van der Waals surface area contributed by atoms with E-state index in [2.05, 4.69) is 20.0 Å². The Morgan fingerprint density at radius 1 is 1.29 bits per heavy atom. The molecule has 3 aromatic rings. The molecule has 162 valence electrons. The number of carbonyl (C=O) groups is 2. The Hall–Kier alpha value is -3.48. The van der Waals surface area contributed by atoms with E-state index in [0.717, 1.165) is 0 Å². The summed E-state index contributed by atoms with van der Waals surface area (Å²) in [5, 5.41) is 4.72. The number of benzene rings is 1.